The Hall–Kier alpha value is -1.63. The van der Waals surface area contributed by atoms with Crippen molar-refractivity contribution in [1.82, 2.24) is 20.8 Å². The zero-order chi connectivity index (χ0) is 14.3. The lowest BCUT2D eigenvalue weighted by Gasteiger charge is -2.24. The Bertz CT molecular complexity index is 414. The predicted octanol–water partition coefficient (Wildman–Crippen LogP) is 0.858. The Labute approximate surface area is 113 Å². The topological polar surface area (TPSA) is 84.6 Å². The fraction of sp³-hybridized carbons (Fsp3) is 0.750. The number of aromatic nitrogens is 2. The number of hydrogen-bond acceptors (Lipinski definition) is 5. The molecule has 1 rings (SSSR count). The monoisotopic (exact) mass is 269 g/mol. The van der Waals surface area contributed by atoms with Crippen LogP contribution in [0.4, 0.5) is 0 Å². The van der Waals surface area contributed by atoms with Crippen molar-refractivity contribution >= 4 is 5.96 Å². The Balaban J connectivity index is 2.56. The molecule has 0 aliphatic rings. The molecule has 0 bridgehead atoms. The molecule has 7 nitrogen and oxygen atoms in total. The standard InChI is InChI=1S/C12H23N5O2/c1-6-13-11(15-8-12(3,4)18-5)14-7-10-16-9(2)17-19-10/h6-8H2,1-5H3,(H2,13,14,15). The number of nitrogens with one attached hydrogen (secondary N) is 2. The van der Waals surface area contributed by atoms with E-state index in [1.165, 1.54) is 0 Å². The van der Waals surface area contributed by atoms with Gasteiger partial charge in [-0.05, 0) is 27.7 Å². The van der Waals surface area contributed by atoms with Crippen molar-refractivity contribution in [1.29, 1.82) is 0 Å². The molecule has 0 aromatic carbocycles. The van der Waals surface area contributed by atoms with Crippen LogP contribution in [0, 0.1) is 6.92 Å². The van der Waals surface area contributed by atoms with Gasteiger partial charge in [-0.1, -0.05) is 5.16 Å². The molecule has 0 radical (unpaired) electrons. The molecule has 19 heavy (non-hydrogen) atoms. The van der Waals surface area contributed by atoms with Crippen molar-refractivity contribution in [3.05, 3.63) is 11.7 Å². The maximum atomic E-state index is 5.35. The van der Waals surface area contributed by atoms with E-state index in [1.807, 2.05) is 20.8 Å². The van der Waals surface area contributed by atoms with Crippen LogP contribution in [0.1, 0.15) is 32.5 Å². The molecule has 0 unspecified atom stereocenters. The molecule has 0 fully saturated rings. The molecular weight excluding hydrogens is 246 g/mol. The first-order valence-electron chi connectivity index (χ1n) is 6.33. The lowest BCUT2D eigenvalue weighted by molar-refractivity contribution is 0.0268. The number of ether oxygens (including phenoxy) is 1. The molecule has 1 heterocycles. The zero-order valence-electron chi connectivity index (χ0n) is 12.3. The van der Waals surface area contributed by atoms with Crippen LogP contribution in [0.15, 0.2) is 9.52 Å². The highest BCUT2D eigenvalue weighted by Crippen LogP contribution is 2.04. The summed E-state index contributed by atoms with van der Waals surface area (Å²) >= 11 is 0. The summed E-state index contributed by atoms with van der Waals surface area (Å²) < 4.78 is 10.4. The average molecular weight is 269 g/mol. The average Bonchev–Trinajstić information content (AvgIpc) is 2.79. The summed E-state index contributed by atoms with van der Waals surface area (Å²) in [5.41, 5.74) is -0.253. The molecule has 108 valence electrons. The molecule has 0 atom stereocenters. The first kappa shape index (κ1) is 15.4. The van der Waals surface area contributed by atoms with Crippen LogP contribution in [0.25, 0.3) is 0 Å². The smallest absolute Gasteiger partial charge is 0.248 e. The van der Waals surface area contributed by atoms with E-state index in [4.69, 9.17) is 9.26 Å². The highest BCUT2D eigenvalue weighted by atomic mass is 16.5. The van der Waals surface area contributed by atoms with E-state index in [0.29, 0.717) is 30.8 Å². The fourth-order valence-electron chi connectivity index (χ4n) is 1.26. The number of aliphatic imine (C=N–C) groups is 1. The molecule has 7 heteroatoms. The second-order valence-electron chi connectivity index (χ2n) is 4.75. The van der Waals surface area contributed by atoms with Crippen LogP contribution in [0.5, 0.6) is 0 Å². The van der Waals surface area contributed by atoms with Gasteiger partial charge in [-0.2, -0.15) is 4.98 Å². The molecule has 1 aromatic rings. The summed E-state index contributed by atoms with van der Waals surface area (Å²) in [6.07, 6.45) is 0. The zero-order valence-corrected chi connectivity index (χ0v) is 12.3. The van der Waals surface area contributed by atoms with E-state index < -0.39 is 0 Å². The van der Waals surface area contributed by atoms with Crippen LogP contribution in [0.3, 0.4) is 0 Å². The summed E-state index contributed by atoms with van der Waals surface area (Å²) in [5, 5.41) is 10.1. The van der Waals surface area contributed by atoms with E-state index in [1.54, 1.807) is 14.0 Å². The number of guanidine groups is 1. The third-order valence-electron chi connectivity index (χ3n) is 2.52. The van der Waals surface area contributed by atoms with Gasteiger partial charge in [0.2, 0.25) is 5.89 Å². The number of nitrogens with zero attached hydrogens (tertiary/aromatic N) is 3. The molecule has 0 aliphatic heterocycles. The van der Waals surface area contributed by atoms with Crippen LogP contribution >= 0.6 is 0 Å². The maximum Gasteiger partial charge on any atom is 0.248 e. The predicted molar refractivity (Wildman–Crippen MR) is 72.9 cm³/mol. The fourth-order valence-corrected chi connectivity index (χ4v) is 1.26. The number of hydrogen-bond donors (Lipinski definition) is 2. The third kappa shape index (κ3) is 5.69. The molecule has 0 amide bonds. The van der Waals surface area contributed by atoms with Crippen molar-refractivity contribution in [2.24, 2.45) is 4.99 Å². The van der Waals surface area contributed by atoms with Crippen LogP contribution < -0.4 is 10.6 Å². The minimum Gasteiger partial charge on any atom is -0.377 e. The minimum atomic E-state index is -0.253. The van der Waals surface area contributed by atoms with E-state index in [-0.39, 0.29) is 5.60 Å². The Morgan fingerprint density at radius 1 is 1.42 bits per heavy atom. The van der Waals surface area contributed by atoms with E-state index in [9.17, 15) is 0 Å². The molecule has 0 spiro atoms. The van der Waals surface area contributed by atoms with Crippen molar-refractivity contribution in [2.45, 2.75) is 39.8 Å². The normalized spacial score (nSPS) is 12.6. The summed E-state index contributed by atoms with van der Waals surface area (Å²) in [7, 11) is 1.69. The first-order valence-corrected chi connectivity index (χ1v) is 6.33. The lowest BCUT2D eigenvalue weighted by atomic mass is 10.1. The number of aryl methyl sites for hydroxylation is 1. The van der Waals surface area contributed by atoms with Gasteiger partial charge in [0.05, 0.1) is 5.60 Å². The van der Waals surface area contributed by atoms with Crippen LogP contribution in [0.2, 0.25) is 0 Å². The van der Waals surface area contributed by atoms with Crippen molar-refractivity contribution in [3.8, 4) is 0 Å². The molecule has 0 saturated heterocycles. The highest BCUT2D eigenvalue weighted by Gasteiger charge is 2.16. The molecule has 2 N–H and O–H groups in total. The van der Waals surface area contributed by atoms with Crippen LogP contribution in [-0.4, -0.2) is 41.9 Å². The SMILES string of the molecule is CCNC(=NCc1nc(C)no1)NCC(C)(C)OC. The van der Waals surface area contributed by atoms with Gasteiger partial charge < -0.3 is 19.9 Å². The lowest BCUT2D eigenvalue weighted by Crippen LogP contribution is -2.45. The number of methoxy groups -OCH3 is 1. The van der Waals surface area contributed by atoms with Crippen LogP contribution in [-0.2, 0) is 11.3 Å². The van der Waals surface area contributed by atoms with E-state index in [0.717, 1.165) is 6.54 Å². The largest absolute Gasteiger partial charge is 0.377 e. The van der Waals surface area contributed by atoms with E-state index in [2.05, 4.69) is 25.8 Å². The van der Waals surface area contributed by atoms with Gasteiger partial charge >= 0.3 is 0 Å². The summed E-state index contributed by atoms with van der Waals surface area (Å²) in [6, 6.07) is 0. The highest BCUT2D eigenvalue weighted by molar-refractivity contribution is 5.79. The van der Waals surface area contributed by atoms with Gasteiger partial charge in [-0.3, -0.25) is 0 Å². The van der Waals surface area contributed by atoms with Gasteiger partial charge in [-0.25, -0.2) is 4.99 Å². The summed E-state index contributed by atoms with van der Waals surface area (Å²) in [6.45, 7) is 9.58. The molecular formula is C12H23N5O2. The quantitative estimate of drug-likeness (QED) is 0.588. The summed E-state index contributed by atoms with van der Waals surface area (Å²) in [5.74, 6) is 1.81. The van der Waals surface area contributed by atoms with Gasteiger partial charge in [0.15, 0.2) is 11.8 Å². The van der Waals surface area contributed by atoms with E-state index >= 15 is 0 Å². The van der Waals surface area contributed by atoms with Crippen molar-refractivity contribution in [3.63, 3.8) is 0 Å². The van der Waals surface area contributed by atoms with Gasteiger partial charge in [0.1, 0.15) is 6.54 Å². The van der Waals surface area contributed by atoms with Crippen molar-refractivity contribution < 1.29 is 9.26 Å². The minimum absolute atomic E-state index is 0.253. The van der Waals surface area contributed by atoms with Crippen molar-refractivity contribution in [2.75, 3.05) is 20.2 Å². The Morgan fingerprint density at radius 2 is 2.16 bits per heavy atom. The first-order chi connectivity index (χ1) is 8.96. The van der Waals surface area contributed by atoms with Gasteiger partial charge in [0, 0.05) is 20.2 Å². The second kappa shape index (κ2) is 7.08. The van der Waals surface area contributed by atoms with Gasteiger partial charge in [-0.15, -0.1) is 0 Å². The molecule has 0 saturated carbocycles. The third-order valence-corrected chi connectivity index (χ3v) is 2.52. The summed E-state index contributed by atoms with van der Waals surface area (Å²) in [4.78, 5) is 8.48. The molecule has 0 aliphatic carbocycles. The second-order valence-corrected chi connectivity index (χ2v) is 4.75. The maximum absolute atomic E-state index is 5.35. The molecule has 1 aromatic heterocycles. The Morgan fingerprint density at radius 3 is 2.68 bits per heavy atom. The number of rotatable bonds is 6. The Kier molecular flexibility index (Phi) is 5.75. The van der Waals surface area contributed by atoms with Gasteiger partial charge in [0.25, 0.3) is 0 Å².